The maximum absolute atomic E-state index is 11.1. The topological polar surface area (TPSA) is 120 Å². The third-order valence-electron chi connectivity index (χ3n) is 3.67. The lowest BCUT2D eigenvalue weighted by molar-refractivity contribution is 0.148. The van der Waals surface area contributed by atoms with E-state index < -0.39 is 6.09 Å². The molecule has 0 unspecified atom stereocenters. The third-order valence-corrected chi connectivity index (χ3v) is 3.88. The molecule has 1 aliphatic rings. The van der Waals surface area contributed by atoms with E-state index in [1.54, 1.807) is 6.07 Å². The average Bonchev–Trinajstić information content (AvgIpc) is 2.79. The van der Waals surface area contributed by atoms with E-state index in [1.165, 1.54) is 11.1 Å². The molecule has 1 saturated heterocycles. The summed E-state index contributed by atoms with van der Waals surface area (Å²) < 4.78 is 0. The van der Waals surface area contributed by atoms with Gasteiger partial charge in [0.15, 0.2) is 17.3 Å². The van der Waals surface area contributed by atoms with Crippen LogP contribution in [0.4, 0.5) is 16.4 Å². The van der Waals surface area contributed by atoms with Gasteiger partial charge in [-0.05, 0) is 12.5 Å². The van der Waals surface area contributed by atoms with Crippen LogP contribution in [0.25, 0.3) is 11.2 Å². The SMILES string of the molecule is NNc1nc2cc(Cl)cnc2nc1N1CCCN(C(=O)O)CC1. The molecule has 3 heterocycles. The van der Waals surface area contributed by atoms with Crippen molar-refractivity contribution in [2.45, 2.75) is 6.42 Å². The number of carbonyl (C=O) groups is 1. The highest BCUT2D eigenvalue weighted by Gasteiger charge is 2.22. The van der Waals surface area contributed by atoms with E-state index in [2.05, 4.69) is 20.4 Å². The number of nitrogens with zero attached hydrogens (tertiary/aromatic N) is 5. The van der Waals surface area contributed by atoms with Crippen molar-refractivity contribution in [2.75, 3.05) is 36.5 Å². The summed E-state index contributed by atoms with van der Waals surface area (Å²) in [6.07, 6.45) is 1.29. The van der Waals surface area contributed by atoms with Crippen molar-refractivity contribution in [3.63, 3.8) is 0 Å². The molecule has 2 aromatic rings. The molecule has 0 saturated carbocycles. The number of nitrogens with one attached hydrogen (secondary N) is 1. The predicted octanol–water partition coefficient (Wildman–Crippen LogP) is 1.15. The zero-order valence-corrected chi connectivity index (χ0v) is 13.0. The Kier molecular flexibility index (Phi) is 4.30. The Balaban J connectivity index is 1.94. The van der Waals surface area contributed by atoms with Gasteiger partial charge in [-0.15, -0.1) is 0 Å². The van der Waals surface area contributed by atoms with Gasteiger partial charge in [0.1, 0.15) is 5.52 Å². The Bertz CT molecular complexity index is 742. The number of amides is 1. The van der Waals surface area contributed by atoms with Gasteiger partial charge in [0.05, 0.1) is 5.02 Å². The Morgan fingerprint density at radius 2 is 2.13 bits per heavy atom. The number of pyridine rings is 1. The van der Waals surface area contributed by atoms with Crippen molar-refractivity contribution in [1.82, 2.24) is 19.9 Å². The van der Waals surface area contributed by atoms with Crippen LogP contribution in [0.3, 0.4) is 0 Å². The second kappa shape index (κ2) is 6.39. The molecule has 122 valence electrons. The fourth-order valence-corrected chi connectivity index (χ4v) is 2.70. The molecular weight excluding hydrogens is 322 g/mol. The van der Waals surface area contributed by atoms with Gasteiger partial charge < -0.3 is 20.3 Å². The number of halogens is 1. The maximum Gasteiger partial charge on any atom is 0.407 e. The van der Waals surface area contributed by atoms with Crippen molar-refractivity contribution in [3.8, 4) is 0 Å². The van der Waals surface area contributed by atoms with Crippen LogP contribution in [0, 0.1) is 0 Å². The summed E-state index contributed by atoms with van der Waals surface area (Å²) in [6, 6.07) is 1.66. The Labute approximate surface area is 137 Å². The van der Waals surface area contributed by atoms with Crippen molar-refractivity contribution in [2.24, 2.45) is 5.84 Å². The molecule has 1 amide bonds. The van der Waals surface area contributed by atoms with Crippen LogP contribution in [-0.4, -0.2) is 57.2 Å². The first-order valence-electron chi connectivity index (χ1n) is 7.11. The van der Waals surface area contributed by atoms with Crippen LogP contribution < -0.4 is 16.2 Å². The molecule has 0 atom stereocenters. The first kappa shape index (κ1) is 15.5. The monoisotopic (exact) mass is 337 g/mol. The highest BCUT2D eigenvalue weighted by molar-refractivity contribution is 6.31. The first-order chi connectivity index (χ1) is 11.1. The van der Waals surface area contributed by atoms with Gasteiger partial charge >= 0.3 is 6.09 Å². The average molecular weight is 338 g/mol. The van der Waals surface area contributed by atoms with E-state index in [-0.39, 0.29) is 0 Å². The number of rotatable bonds is 2. The standard InChI is InChI=1S/C13H16ClN7O2/c14-8-6-9-10(16-7-8)18-12(11(17-9)19-15)20-2-1-3-21(5-4-20)13(22)23/h6-7H,1-5,15H2,(H,17,19)(H,22,23). The van der Waals surface area contributed by atoms with Crippen molar-refractivity contribution >= 4 is 40.5 Å². The number of nitrogens with two attached hydrogens (primary N) is 1. The molecule has 3 rings (SSSR count). The van der Waals surface area contributed by atoms with Gasteiger partial charge in [-0.2, -0.15) is 0 Å². The molecule has 1 aliphatic heterocycles. The van der Waals surface area contributed by atoms with Gasteiger partial charge in [-0.3, -0.25) is 0 Å². The molecule has 4 N–H and O–H groups in total. The molecule has 2 aromatic heterocycles. The summed E-state index contributed by atoms with van der Waals surface area (Å²) in [5, 5.41) is 9.58. The Hall–Kier alpha value is -2.39. The molecule has 0 radical (unpaired) electrons. The molecule has 0 aromatic carbocycles. The maximum atomic E-state index is 11.1. The number of hydrazine groups is 1. The normalized spacial score (nSPS) is 15.6. The van der Waals surface area contributed by atoms with E-state index in [0.29, 0.717) is 60.4 Å². The number of nitrogen functional groups attached to an aromatic ring is 1. The van der Waals surface area contributed by atoms with Crippen LogP contribution in [0.5, 0.6) is 0 Å². The predicted molar refractivity (Wildman–Crippen MR) is 86.6 cm³/mol. The minimum absolute atomic E-state index is 0.396. The summed E-state index contributed by atoms with van der Waals surface area (Å²) in [7, 11) is 0. The highest BCUT2D eigenvalue weighted by atomic mass is 35.5. The van der Waals surface area contributed by atoms with Crippen LogP contribution in [0.15, 0.2) is 12.3 Å². The lowest BCUT2D eigenvalue weighted by atomic mass is 10.3. The zero-order valence-electron chi connectivity index (χ0n) is 12.2. The molecule has 23 heavy (non-hydrogen) atoms. The molecule has 0 bridgehead atoms. The Morgan fingerprint density at radius 1 is 1.30 bits per heavy atom. The van der Waals surface area contributed by atoms with Crippen molar-refractivity contribution in [1.29, 1.82) is 0 Å². The van der Waals surface area contributed by atoms with E-state index in [4.69, 9.17) is 22.6 Å². The second-order valence-electron chi connectivity index (χ2n) is 5.15. The van der Waals surface area contributed by atoms with Crippen LogP contribution >= 0.6 is 11.6 Å². The molecule has 1 fully saturated rings. The minimum Gasteiger partial charge on any atom is -0.465 e. The van der Waals surface area contributed by atoms with Gasteiger partial charge in [0.25, 0.3) is 0 Å². The molecule has 10 heteroatoms. The highest BCUT2D eigenvalue weighted by Crippen LogP contribution is 2.25. The summed E-state index contributed by atoms with van der Waals surface area (Å²) in [4.78, 5) is 27.5. The van der Waals surface area contributed by atoms with Crippen LogP contribution in [-0.2, 0) is 0 Å². The van der Waals surface area contributed by atoms with Gasteiger partial charge in [-0.25, -0.2) is 25.6 Å². The summed E-state index contributed by atoms with van der Waals surface area (Å²) in [6.45, 7) is 2.06. The van der Waals surface area contributed by atoms with Gasteiger partial charge in [-0.1, -0.05) is 11.6 Å². The Morgan fingerprint density at radius 3 is 2.87 bits per heavy atom. The number of aromatic nitrogens is 3. The number of hydrogen-bond acceptors (Lipinski definition) is 7. The number of hydrogen-bond donors (Lipinski definition) is 3. The summed E-state index contributed by atoms with van der Waals surface area (Å²) in [5.41, 5.74) is 3.54. The lowest BCUT2D eigenvalue weighted by Crippen LogP contribution is -2.34. The van der Waals surface area contributed by atoms with E-state index in [1.807, 2.05) is 4.90 Å². The van der Waals surface area contributed by atoms with E-state index >= 15 is 0 Å². The molecule has 0 spiro atoms. The van der Waals surface area contributed by atoms with Gasteiger partial charge in [0.2, 0.25) is 0 Å². The number of fused-ring (bicyclic) bond motifs is 1. The van der Waals surface area contributed by atoms with Crippen LogP contribution in [0.1, 0.15) is 6.42 Å². The summed E-state index contributed by atoms with van der Waals surface area (Å²) in [5.74, 6) is 6.53. The quantitative estimate of drug-likeness (QED) is 0.551. The molecule has 0 aliphatic carbocycles. The second-order valence-corrected chi connectivity index (χ2v) is 5.58. The smallest absolute Gasteiger partial charge is 0.407 e. The first-order valence-corrected chi connectivity index (χ1v) is 7.49. The largest absolute Gasteiger partial charge is 0.465 e. The van der Waals surface area contributed by atoms with Gasteiger partial charge in [0, 0.05) is 32.4 Å². The zero-order chi connectivity index (χ0) is 16.4. The van der Waals surface area contributed by atoms with Crippen molar-refractivity contribution < 1.29 is 9.90 Å². The minimum atomic E-state index is -0.912. The number of carboxylic acid groups (broad SMARTS) is 1. The fraction of sp³-hybridized carbons (Fsp3) is 0.385. The molecule has 9 nitrogen and oxygen atoms in total. The van der Waals surface area contributed by atoms with E-state index in [0.717, 1.165) is 0 Å². The lowest BCUT2D eigenvalue weighted by Gasteiger charge is -2.23. The number of anilines is 2. The molecular formula is C13H16ClN7O2. The third kappa shape index (κ3) is 3.20. The van der Waals surface area contributed by atoms with E-state index in [9.17, 15) is 4.79 Å². The van der Waals surface area contributed by atoms with Crippen LogP contribution in [0.2, 0.25) is 5.02 Å². The fourth-order valence-electron chi connectivity index (χ4n) is 2.55. The summed E-state index contributed by atoms with van der Waals surface area (Å²) >= 11 is 5.92. The van der Waals surface area contributed by atoms with Crippen molar-refractivity contribution in [3.05, 3.63) is 17.3 Å².